The zero-order valence-electron chi connectivity index (χ0n) is 16.1. The van der Waals surface area contributed by atoms with Gasteiger partial charge in [-0.2, -0.15) is 5.10 Å². The number of ether oxygens (including phenoxy) is 1. The zero-order valence-corrected chi connectivity index (χ0v) is 19.2. The number of carbonyl (C=O) groups excluding carboxylic acids is 1. The Labute approximate surface area is 200 Å². The standard InChI is InChI=1S/C21H14BrCl2N3O5/c22-17-7-12(1-6-20(17)32-11-13-2-3-14(23)8-18(13)24)10-25-26-21(29)16-9-15(27(30)31)4-5-19(16)28/h1-10,28H,11H2,(H,26,29)/b25-10+. The molecular weight excluding hydrogens is 525 g/mol. The number of phenols is 1. The van der Waals surface area contributed by atoms with E-state index in [4.69, 9.17) is 27.9 Å². The quantitative estimate of drug-likeness (QED) is 0.227. The Bertz CT molecular complexity index is 1220. The van der Waals surface area contributed by atoms with Gasteiger partial charge in [-0.05, 0) is 57.9 Å². The van der Waals surface area contributed by atoms with Crippen molar-refractivity contribution in [3.63, 3.8) is 0 Å². The lowest BCUT2D eigenvalue weighted by atomic mass is 10.1. The second-order valence-corrected chi connectivity index (χ2v) is 8.07. The summed E-state index contributed by atoms with van der Waals surface area (Å²) in [5.41, 5.74) is 3.05. The number of benzene rings is 3. The number of phenolic OH excluding ortho intramolecular Hbond substituents is 1. The summed E-state index contributed by atoms with van der Waals surface area (Å²) >= 11 is 15.4. The molecule has 0 aromatic heterocycles. The molecule has 0 atom stereocenters. The summed E-state index contributed by atoms with van der Waals surface area (Å²) in [4.78, 5) is 22.3. The van der Waals surface area contributed by atoms with Crippen LogP contribution in [0, 0.1) is 10.1 Å². The second kappa shape index (κ2) is 10.4. The van der Waals surface area contributed by atoms with Crippen molar-refractivity contribution < 1.29 is 19.6 Å². The molecule has 0 unspecified atom stereocenters. The van der Waals surface area contributed by atoms with E-state index in [-0.39, 0.29) is 17.9 Å². The molecule has 0 saturated carbocycles. The molecule has 0 aliphatic carbocycles. The predicted molar refractivity (Wildman–Crippen MR) is 125 cm³/mol. The molecular formula is C21H14BrCl2N3O5. The van der Waals surface area contributed by atoms with Gasteiger partial charge in [0.15, 0.2) is 0 Å². The molecule has 3 rings (SSSR count). The van der Waals surface area contributed by atoms with Crippen LogP contribution in [0.1, 0.15) is 21.5 Å². The first kappa shape index (κ1) is 23.5. The molecule has 32 heavy (non-hydrogen) atoms. The Kier molecular flexibility index (Phi) is 7.68. The number of rotatable bonds is 7. The SMILES string of the molecule is O=C(N/N=C/c1ccc(OCc2ccc(Cl)cc2Cl)c(Br)c1)c1cc([N+](=O)[O-])ccc1O. The number of aromatic hydroxyl groups is 1. The molecule has 0 heterocycles. The monoisotopic (exact) mass is 537 g/mol. The molecule has 164 valence electrons. The van der Waals surface area contributed by atoms with Crippen LogP contribution in [0.25, 0.3) is 0 Å². The van der Waals surface area contributed by atoms with E-state index in [9.17, 15) is 20.0 Å². The number of carbonyl (C=O) groups is 1. The zero-order chi connectivity index (χ0) is 23.3. The van der Waals surface area contributed by atoms with Crippen LogP contribution in [-0.4, -0.2) is 22.2 Å². The molecule has 3 aromatic rings. The van der Waals surface area contributed by atoms with Crippen molar-refractivity contribution in [3.8, 4) is 11.5 Å². The van der Waals surface area contributed by atoms with Crippen molar-refractivity contribution in [2.24, 2.45) is 5.10 Å². The van der Waals surface area contributed by atoms with Gasteiger partial charge in [-0.15, -0.1) is 0 Å². The number of hydrogen-bond acceptors (Lipinski definition) is 6. The minimum atomic E-state index is -0.790. The molecule has 0 aliphatic rings. The van der Waals surface area contributed by atoms with Gasteiger partial charge in [0.25, 0.3) is 11.6 Å². The fraction of sp³-hybridized carbons (Fsp3) is 0.0476. The van der Waals surface area contributed by atoms with Gasteiger partial charge in [0.1, 0.15) is 18.1 Å². The van der Waals surface area contributed by atoms with Crippen LogP contribution in [0.4, 0.5) is 5.69 Å². The number of hydrogen-bond donors (Lipinski definition) is 2. The Morgan fingerprint density at radius 1 is 1.19 bits per heavy atom. The minimum Gasteiger partial charge on any atom is -0.507 e. The van der Waals surface area contributed by atoms with Gasteiger partial charge in [-0.25, -0.2) is 5.43 Å². The Morgan fingerprint density at radius 3 is 2.66 bits per heavy atom. The van der Waals surface area contributed by atoms with Gasteiger partial charge in [0.2, 0.25) is 0 Å². The molecule has 1 amide bonds. The van der Waals surface area contributed by atoms with E-state index in [1.807, 2.05) is 0 Å². The number of hydrazone groups is 1. The van der Waals surface area contributed by atoms with Gasteiger partial charge in [0, 0.05) is 27.7 Å². The van der Waals surface area contributed by atoms with Gasteiger partial charge in [-0.3, -0.25) is 14.9 Å². The summed E-state index contributed by atoms with van der Waals surface area (Å²) in [6.07, 6.45) is 1.37. The van der Waals surface area contributed by atoms with Crippen LogP contribution in [0.5, 0.6) is 11.5 Å². The Morgan fingerprint density at radius 2 is 1.97 bits per heavy atom. The van der Waals surface area contributed by atoms with E-state index < -0.39 is 16.6 Å². The summed E-state index contributed by atoms with van der Waals surface area (Å²) in [5.74, 6) is -0.617. The van der Waals surface area contributed by atoms with Crippen molar-refractivity contribution >= 4 is 56.9 Å². The lowest BCUT2D eigenvalue weighted by Crippen LogP contribution is -2.18. The summed E-state index contributed by atoms with van der Waals surface area (Å²) in [5, 5.41) is 25.5. The van der Waals surface area contributed by atoms with Gasteiger partial charge in [0.05, 0.1) is 21.2 Å². The number of nitro groups is 1. The van der Waals surface area contributed by atoms with E-state index in [1.54, 1.807) is 36.4 Å². The molecule has 0 saturated heterocycles. The second-order valence-electron chi connectivity index (χ2n) is 6.37. The molecule has 0 radical (unpaired) electrons. The number of amides is 1. The first-order valence-corrected chi connectivity index (χ1v) is 10.5. The molecule has 3 aromatic carbocycles. The molecule has 11 heteroatoms. The maximum atomic E-state index is 12.2. The molecule has 2 N–H and O–H groups in total. The Hall–Kier alpha value is -3.14. The molecule has 8 nitrogen and oxygen atoms in total. The van der Waals surface area contributed by atoms with Crippen molar-refractivity contribution in [2.45, 2.75) is 6.61 Å². The van der Waals surface area contributed by atoms with Crippen LogP contribution < -0.4 is 10.2 Å². The van der Waals surface area contributed by atoms with Crippen LogP contribution in [0.3, 0.4) is 0 Å². The fourth-order valence-electron chi connectivity index (χ4n) is 2.55. The summed E-state index contributed by atoms with van der Waals surface area (Å²) in [6.45, 7) is 0.241. The van der Waals surface area contributed by atoms with Crippen molar-refractivity contribution in [1.82, 2.24) is 5.43 Å². The molecule has 0 bridgehead atoms. The molecule has 0 spiro atoms. The number of non-ortho nitro benzene ring substituents is 1. The number of nitrogens with zero attached hydrogens (tertiary/aromatic N) is 2. The molecule has 0 aliphatic heterocycles. The highest BCUT2D eigenvalue weighted by atomic mass is 79.9. The van der Waals surface area contributed by atoms with Crippen molar-refractivity contribution in [1.29, 1.82) is 0 Å². The van der Waals surface area contributed by atoms with E-state index in [1.165, 1.54) is 6.21 Å². The average molecular weight is 539 g/mol. The molecule has 0 fully saturated rings. The van der Waals surface area contributed by atoms with Crippen LogP contribution in [-0.2, 0) is 6.61 Å². The highest BCUT2D eigenvalue weighted by molar-refractivity contribution is 9.10. The number of nitro benzene ring substituents is 1. The maximum absolute atomic E-state index is 12.2. The highest BCUT2D eigenvalue weighted by Gasteiger charge is 2.16. The first-order chi connectivity index (χ1) is 15.2. The predicted octanol–water partition coefficient (Wildman–Crippen LogP) is 5.71. The lowest BCUT2D eigenvalue weighted by molar-refractivity contribution is -0.384. The van der Waals surface area contributed by atoms with Gasteiger partial charge in [-0.1, -0.05) is 29.3 Å². The van der Waals surface area contributed by atoms with E-state index in [0.29, 0.717) is 25.8 Å². The van der Waals surface area contributed by atoms with Crippen LogP contribution in [0.2, 0.25) is 10.0 Å². The summed E-state index contributed by atoms with van der Waals surface area (Å²) < 4.78 is 6.42. The number of nitrogens with one attached hydrogen (secondary N) is 1. The minimum absolute atomic E-state index is 0.241. The fourth-order valence-corrected chi connectivity index (χ4v) is 3.53. The van der Waals surface area contributed by atoms with E-state index in [0.717, 1.165) is 23.8 Å². The van der Waals surface area contributed by atoms with Crippen LogP contribution >= 0.6 is 39.1 Å². The van der Waals surface area contributed by atoms with Gasteiger partial charge >= 0.3 is 0 Å². The third-order valence-electron chi connectivity index (χ3n) is 4.17. The maximum Gasteiger partial charge on any atom is 0.275 e. The van der Waals surface area contributed by atoms with Crippen molar-refractivity contribution in [3.05, 3.63) is 95.9 Å². The largest absolute Gasteiger partial charge is 0.507 e. The highest BCUT2D eigenvalue weighted by Crippen LogP contribution is 2.28. The summed E-state index contributed by atoms with van der Waals surface area (Å²) in [7, 11) is 0. The van der Waals surface area contributed by atoms with E-state index in [2.05, 4.69) is 26.5 Å². The van der Waals surface area contributed by atoms with Gasteiger partial charge < -0.3 is 9.84 Å². The topological polar surface area (TPSA) is 114 Å². The Balaban J connectivity index is 1.63. The third-order valence-corrected chi connectivity index (χ3v) is 5.38. The first-order valence-electron chi connectivity index (χ1n) is 8.91. The average Bonchev–Trinajstić information content (AvgIpc) is 2.74. The smallest absolute Gasteiger partial charge is 0.275 e. The third kappa shape index (κ3) is 5.97. The normalized spacial score (nSPS) is 10.8. The number of halogens is 3. The lowest BCUT2D eigenvalue weighted by Gasteiger charge is -2.10. The van der Waals surface area contributed by atoms with E-state index >= 15 is 0 Å². The van der Waals surface area contributed by atoms with Crippen molar-refractivity contribution in [2.75, 3.05) is 0 Å². The van der Waals surface area contributed by atoms with Crippen LogP contribution in [0.15, 0.2) is 64.2 Å². The summed E-state index contributed by atoms with van der Waals surface area (Å²) in [6, 6.07) is 13.4.